The lowest BCUT2D eigenvalue weighted by Crippen LogP contribution is -2.49. The first-order chi connectivity index (χ1) is 9.84. The van der Waals surface area contributed by atoms with E-state index >= 15 is 0 Å². The molecular weight excluding hydrogens is 266 g/mol. The highest BCUT2D eigenvalue weighted by Gasteiger charge is 2.18. The lowest BCUT2D eigenvalue weighted by Gasteiger charge is -2.25. The van der Waals surface area contributed by atoms with Crippen molar-refractivity contribution in [2.24, 2.45) is 0 Å². The third kappa shape index (κ3) is 4.56. The van der Waals surface area contributed by atoms with Gasteiger partial charge in [-0.05, 0) is 23.1 Å². The van der Waals surface area contributed by atoms with Crippen molar-refractivity contribution in [3.8, 4) is 0 Å². The smallest absolute Gasteiger partial charge is 0.238 e. The highest BCUT2D eigenvalue weighted by atomic mass is 16.2. The molecule has 1 heterocycles. The van der Waals surface area contributed by atoms with Gasteiger partial charge in [0, 0.05) is 18.8 Å². The van der Waals surface area contributed by atoms with Crippen LogP contribution in [0.1, 0.15) is 26.3 Å². The van der Waals surface area contributed by atoms with Gasteiger partial charge in [-0.2, -0.15) is 0 Å². The molecule has 0 bridgehead atoms. The summed E-state index contributed by atoms with van der Waals surface area (Å²) < 4.78 is 0. The summed E-state index contributed by atoms with van der Waals surface area (Å²) in [5.74, 6) is -0.114. The summed E-state index contributed by atoms with van der Waals surface area (Å²) in [7, 11) is 0. The molecule has 5 heteroatoms. The lowest BCUT2D eigenvalue weighted by atomic mass is 9.87. The molecule has 1 aromatic rings. The minimum absolute atomic E-state index is 0.0245. The van der Waals surface area contributed by atoms with Gasteiger partial charge in [0.1, 0.15) is 0 Å². The summed E-state index contributed by atoms with van der Waals surface area (Å²) in [5.41, 5.74) is 2.12. The number of hydrogen-bond donors (Lipinski definition) is 2. The molecule has 21 heavy (non-hydrogen) atoms. The van der Waals surface area contributed by atoms with Crippen molar-refractivity contribution in [1.29, 1.82) is 0 Å². The maximum atomic E-state index is 12.0. The summed E-state index contributed by atoms with van der Waals surface area (Å²) in [4.78, 5) is 25.1. The second-order valence-corrected chi connectivity index (χ2v) is 6.44. The third-order valence-corrected chi connectivity index (χ3v) is 3.52. The number of carbonyl (C=O) groups excluding carboxylic acids is 2. The maximum absolute atomic E-state index is 12.0. The minimum Gasteiger partial charge on any atom is -0.354 e. The number of hydrogen-bond acceptors (Lipinski definition) is 3. The quantitative estimate of drug-likeness (QED) is 0.883. The van der Waals surface area contributed by atoms with Crippen molar-refractivity contribution in [2.45, 2.75) is 26.2 Å². The van der Waals surface area contributed by atoms with E-state index in [1.807, 2.05) is 29.2 Å². The van der Waals surface area contributed by atoms with E-state index in [1.54, 1.807) is 0 Å². The molecule has 0 spiro atoms. The summed E-state index contributed by atoms with van der Waals surface area (Å²) in [6.45, 7) is 8.31. The van der Waals surface area contributed by atoms with Gasteiger partial charge in [-0.15, -0.1) is 0 Å². The zero-order chi connectivity index (χ0) is 15.5. The molecule has 114 valence electrons. The molecule has 1 aliphatic heterocycles. The van der Waals surface area contributed by atoms with Crippen LogP contribution < -0.4 is 10.6 Å². The molecule has 0 radical (unpaired) electrons. The van der Waals surface area contributed by atoms with Crippen LogP contribution in [-0.2, 0) is 15.0 Å². The highest BCUT2D eigenvalue weighted by Crippen LogP contribution is 2.23. The molecule has 1 aromatic carbocycles. The minimum atomic E-state index is -0.0896. The van der Waals surface area contributed by atoms with Crippen molar-refractivity contribution in [3.05, 3.63) is 29.8 Å². The molecule has 0 atom stereocenters. The fraction of sp³-hybridized carbons (Fsp3) is 0.500. The first-order valence-electron chi connectivity index (χ1n) is 7.24. The normalized spacial score (nSPS) is 16.4. The van der Waals surface area contributed by atoms with Crippen LogP contribution in [0.3, 0.4) is 0 Å². The van der Waals surface area contributed by atoms with Gasteiger partial charge >= 0.3 is 0 Å². The van der Waals surface area contributed by atoms with Crippen LogP contribution in [0.2, 0.25) is 0 Å². The van der Waals surface area contributed by atoms with Crippen molar-refractivity contribution >= 4 is 17.5 Å². The van der Waals surface area contributed by atoms with E-state index < -0.39 is 0 Å². The number of carbonyl (C=O) groups is 2. The van der Waals surface area contributed by atoms with Gasteiger partial charge in [-0.1, -0.05) is 32.9 Å². The van der Waals surface area contributed by atoms with Gasteiger partial charge in [0.15, 0.2) is 0 Å². The van der Waals surface area contributed by atoms with Gasteiger partial charge in [-0.25, -0.2) is 0 Å². The molecule has 0 aromatic heterocycles. The number of nitrogens with one attached hydrogen (secondary N) is 2. The Morgan fingerprint density at radius 1 is 1.29 bits per heavy atom. The number of piperazine rings is 1. The molecule has 0 unspecified atom stereocenters. The largest absolute Gasteiger partial charge is 0.354 e. The molecule has 0 saturated carbocycles. The zero-order valence-corrected chi connectivity index (χ0v) is 12.9. The average Bonchev–Trinajstić information content (AvgIpc) is 2.38. The summed E-state index contributed by atoms with van der Waals surface area (Å²) in [5, 5.41) is 5.61. The topological polar surface area (TPSA) is 61.4 Å². The summed E-state index contributed by atoms with van der Waals surface area (Å²) >= 11 is 0. The number of benzene rings is 1. The molecule has 2 N–H and O–H groups in total. The molecule has 2 amide bonds. The zero-order valence-electron chi connectivity index (χ0n) is 12.9. The Morgan fingerprint density at radius 2 is 1.95 bits per heavy atom. The maximum Gasteiger partial charge on any atom is 0.238 e. The van der Waals surface area contributed by atoms with Gasteiger partial charge < -0.3 is 10.6 Å². The van der Waals surface area contributed by atoms with Crippen molar-refractivity contribution in [2.75, 3.05) is 31.5 Å². The van der Waals surface area contributed by atoms with E-state index in [0.717, 1.165) is 5.69 Å². The Labute approximate surface area is 125 Å². The fourth-order valence-electron chi connectivity index (χ4n) is 2.28. The Bertz CT molecular complexity index is 517. The monoisotopic (exact) mass is 289 g/mol. The van der Waals surface area contributed by atoms with Gasteiger partial charge in [-0.3, -0.25) is 14.5 Å². The number of rotatable bonds is 3. The molecular formula is C16H23N3O2. The fourth-order valence-corrected chi connectivity index (χ4v) is 2.28. The molecule has 5 nitrogen and oxygen atoms in total. The molecule has 1 aliphatic rings. The number of nitrogens with zero attached hydrogens (tertiary/aromatic N) is 1. The van der Waals surface area contributed by atoms with Crippen LogP contribution >= 0.6 is 0 Å². The SMILES string of the molecule is CC(C)(C)c1ccc(NC(=O)CN2CCNC(=O)C2)cc1. The van der Waals surface area contributed by atoms with E-state index in [0.29, 0.717) is 13.1 Å². The van der Waals surface area contributed by atoms with Crippen molar-refractivity contribution in [3.63, 3.8) is 0 Å². The molecule has 2 rings (SSSR count). The summed E-state index contributed by atoms with van der Waals surface area (Å²) in [6, 6.07) is 7.90. The standard InChI is InChI=1S/C16H23N3O2/c1-16(2,3)12-4-6-13(7-5-12)18-15(21)11-19-9-8-17-14(20)10-19/h4-7H,8-11H2,1-3H3,(H,17,20)(H,18,21). The van der Waals surface area contributed by atoms with Crippen molar-refractivity contribution < 1.29 is 9.59 Å². The van der Waals surface area contributed by atoms with Crippen LogP contribution in [0.5, 0.6) is 0 Å². The van der Waals surface area contributed by atoms with Crippen LogP contribution in [-0.4, -0.2) is 42.9 Å². The Morgan fingerprint density at radius 3 is 2.52 bits per heavy atom. The Balaban J connectivity index is 1.89. The van der Waals surface area contributed by atoms with E-state index in [9.17, 15) is 9.59 Å². The van der Waals surface area contributed by atoms with E-state index in [4.69, 9.17) is 0 Å². The Kier molecular flexibility index (Phi) is 4.63. The molecule has 0 aliphatic carbocycles. The predicted octanol–water partition coefficient (Wildman–Crippen LogP) is 1.35. The molecule has 1 saturated heterocycles. The van der Waals surface area contributed by atoms with Gasteiger partial charge in [0.2, 0.25) is 11.8 Å². The van der Waals surface area contributed by atoms with Crippen molar-refractivity contribution in [1.82, 2.24) is 10.2 Å². The highest BCUT2D eigenvalue weighted by molar-refractivity contribution is 5.92. The number of amides is 2. The Hall–Kier alpha value is -1.88. The van der Waals surface area contributed by atoms with Crippen LogP contribution in [0, 0.1) is 0 Å². The third-order valence-electron chi connectivity index (χ3n) is 3.52. The number of anilines is 1. The second kappa shape index (κ2) is 6.26. The van der Waals surface area contributed by atoms with Crippen LogP contribution in [0.25, 0.3) is 0 Å². The first kappa shape index (κ1) is 15.5. The summed E-state index contributed by atoms with van der Waals surface area (Å²) in [6.07, 6.45) is 0. The average molecular weight is 289 g/mol. The molecule has 1 fully saturated rings. The first-order valence-corrected chi connectivity index (χ1v) is 7.24. The van der Waals surface area contributed by atoms with Gasteiger partial charge in [0.05, 0.1) is 13.1 Å². The van der Waals surface area contributed by atoms with Crippen LogP contribution in [0.15, 0.2) is 24.3 Å². The van der Waals surface area contributed by atoms with E-state index in [-0.39, 0.29) is 30.3 Å². The van der Waals surface area contributed by atoms with E-state index in [1.165, 1.54) is 5.56 Å². The predicted molar refractivity (Wildman–Crippen MR) is 83.2 cm³/mol. The second-order valence-electron chi connectivity index (χ2n) is 6.44. The van der Waals surface area contributed by atoms with Gasteiger partial charge in [0.25, 0.3) is 0 Å². The van der Waals surface area contributed by atoms with Crippen LogP contribution in [0.4, 0.5) is 5.69 Å². The lowest BCUT2D eigenvalue weighted by molar-refractivity contribution is -0.125. The van der Waals surface area contributed by atoms with E-state index in [2.05, 4.69) is 31.4 Å².